The Morgan fingerprint density at radius 2 is 1.72 bits per heavy atom. The number of carbonyl (C=O) groups is 2. The molecule has 1 heterocycles. The van der Waals surface area contributed by atoms with Gasteiger partial charge in [0.1, 0.15) is 23.0 Å². The quantitative estimate of drug-likeness (QED) is 0.506. The molecule has 188 valence electrons. The molecule has 1 N–H and O–H groups in total. The van der Waals surface area contributed by atoms with Gasteiger partial charge in [-0.3, -0.25) is 9.59 Å². The normalized spacial score (nSPS) is 14.8. The van der Waals surface area contributed by atoms with Crippen LogP contribution in [0.5, 0.6) is 23.0 Å². The average Bonchev–Trinajstić information content (AvgIpc) is 3.02. The third kappa shape index (κ3) is 5.54. The van der Waals surface area contributed by atoms with Crippen molar-refractivity contribution < 1.29 is 28.5 Å². The molecule has 1 atom stereocenters. The molecule has 0 saturated carbocycles. The first-order valence-electron chi connectivity index (χ1n) is 11.7. The summed E-state index contributed by atoms with van der Waals surface area (Å²) in [4.78, 5) is 27.8. The van der Waals surface area contributed by atoms with Crippen LogP contribution in [0.1, 0.15) is 28.4 Å². The van der Waals surface area contributed by atoms with Crippen molar-refractivity contribution in [1.29, 1.82) is 0 Å². The van der Waals surface area contributed by atoms with Crippen LogP contribution in [0.3, 0.4) is 0 Å². The molecule has 8 heteroatoms. The Bertz CT molecular complexity index is 1240. The number of nitrogens with one attached hydrogen (secondary N) is 1. The van der Waals surface area contributed by atoms with Gasteiger partial charge in [0.2, 0.25) is 0 Å². The van der Waals surface area contributed by atoms with Crippen molar-refractivity contribution in [3.05, 3.63) is 77.4 Å². The van der Waals surface area contributed by atoms with E-state index >= 15 is 0 Å². The van der Waals surface area contributed by atoms with Crippen molar-refractivity contribution in [1.82, 2.24) is 4.90 Å². The van der Waals surface area contributed by atoms with Gasteiger partial charge in [-0.1, -0.05) is 18.2 Å². The van der Waals surface area contributed by atoms with E-state index in [1.165, 1.54) is 14.2 Å². The molecule has 1 aliphatic heterocycles. The second kappa shape index (κ2) is 11.0. The Hall–Kier alpha value is -4.20. The number of benzene rings is 3. The Balaban J connectivity index is 1.53. The lowest BCUT2D eigenvalue weighted by Crippen LogP contribution is -2.39. The van der Waals surface area contributed by atoms with Gasteiger partial charge in [0, 0.05) is 36.0 Å². The second-order valence-corrected chi connectivity index (χ2v) is 8.46. The topological polar surface area (TPSA) is 86.3 Å². The summed E-state index contributed by atoms with van der Waals surface area (Å²) < 4.78 is 21.9. The summed E-state index contributed by atoms with van der Waals surface area (Å²) in [6, 6.07) is 18.2. The van der Waals surface area contributed by atoms with Crippen LogP contribution in [-0.2, 0) is 17.8 Å². The standard InChI is InChI=1S/C28H30N2O6/c1-18-28(32)30(12-11-19-7-5-6-8-25(19)35-4)17-21-13-22(9-10-26(21)36-18)29-27(31)20-14-23(33-2)16-24(15-20)34-3/h5-10,13-16,18H,11-12,17H2,1-4H3,(H,29,31)/t18-/m0/s1. The highest BCUT2D eigenvalue weighted by molar-refractivity contribution is 6.05. The van der Waals surface area contributed by atoms with Crippen LogP contribution in [0.2, 0.25) is 0 Å². The lowest BCUT2D eigenvalue weighted by molar-refractivity contribution is -0.137. The number of hydrogen-bond donors (Lipinski definition) is 1. The van der Waals surface area contributed by atoms with Gasteiger partial charge < -0.3 is 29.2 Å². The van der Waals surface area contributed by atoms with E-state index in [1.54, 1.807) is 49.3 Å². The fraction of sp³-hybridized carbons (Fsp3) is 0.286. The summed E-state index contributed by atoms with van der Waals surface area (Å²) >= 11 is 0. The summed E-state index contributed by atoms with van der Waals surface area (Å²) in [6.07, 6.45) is 0.0277. The largest absolute Gasteiger partial charge is 0.497 e. The van der Waals surface area contributed by atoms with E-state index in [4.69, 9.17) is 18.9 Å². The number of carbonyl (C=O) groups excluding carboxylic acids is 2. The molecule has 1 aliphatic rings. The summed E-state index contributed by atoms with van der Waals surface area (Å²) in [6.45, 7) is 2.62. The van der Waals surface area contributed by atoms with Gasteiger partial charge in [-0.15, -0.1) is 0 Å². The maximum Gasteiger partial charge on any atom is 0.263 e. The Kier molecular flexibility index (Phi) is 7.63. The minimum absolute atomic E-state index is 0.0878. The van der Waals surface area contributed by atoms with E-state index < -0.39 is 6.10 Å². The van der Waals surface area contributed by atoms with E-state index in [-0.39, 0.29) is 11.8 Å². The zero-order valence-corrected chi connectivity index (χ0v) is 20.9. The minimum atomic E-state index is -0.617. The van der Waals surface area contributed by atoms with E-state index in [0.29, 0.717) is 48.0 Å². The molecule has 0 aromatic heterocycles. The highest BCUT2D eigenvalue weighted by Crippen LogP contribution is 2.30. The minimum Gasteiger partial charge on any atom is -0.497 e. The molecular weight excluding hydrogens is 460 g/mol. The van der Waals surface area contributed by atoms with Crippen molar-refractivity contribution in [2.24, 2.45) is 0 Å². The molecule has 2 amide bonds. The molecule has 0 spiro atoms. The van der Waals surface area contributed by atoms with Gasteiger partial charge in [0.05, 0.1) is 21.3 Å². The molecule has 8 nitrogen and oxygen atoms in total. The fourth-order valence-corrected chi connectivity index (χ4v) is 4.17. The van der Waals surface area contributed by atoms with Crippen LogP contribution in [0.4, 0.5) is 5.69 Å². The molecule has 0 radical (unpaired) electrons. The molecule has 36 heavy (non-hydrogen) atoms. The predicted molar refractivity (Wildman–Crippen MR) is 136 cm³/mol. The Labute approximate surface area is 210 Å². The van der Waals surface area contributed by atoms with E-state index in [0.717, 1.165) is 16.9 Å². The van der Waals surface area contributed by atoms with Crippen molar-refractivity contribution in [2.75, 3.05) is 33.2 Å². The van der Waals surface area contributed by atoms with Crippen LogP contribution in [0, 0.1) is 0 Å². The van der Waals surface area contributed by atoms with Gasteiger partial charge in [-0.2, -0.15) is 0 Å². The highest BCUT2D eigenvalue weighted by Gasteiger charge is 2.28. The van der Waals surface area contributed by atoms with Crippen molar-refractivity contribution in [2.45, 2.75) is 26.0 Å². The molecule has 4 rings (SSSR count). The molecule has 3 aromatic rings. The summed E-state index contributed by atoms with van der Waals surface area (Å²) in [5, 5.41) is 2.92. The zero-order valence-electron chi connectivity index (χ0n) is 20.9. The highest BCUT2D eigenvalue weighted by atomic mass is 16.5. The first kappa shape index (κ1) is 24.9. The Morgan fingerprint density at radius 1 is 1.00 bits per heavy atom. The number of anilines is 1. The van der Waals surface area contributed by atoms with Crippen molar-refractivity contribution in [3.63, 3.8) is 0 Å². The molecule has 3 aromatic carbocycles. The lowest BCUT2D eigenvalue weighted by atomic mass is 10.1. The molecular formula is C28H30N2O6. The first-order valence-corrected chi connectivity index (χ1v) is 11.7. The summed E-state index contributed by atoms with van der Waals surface area (Å²) in [7, 11) is 4.70. The molecule has 0 fully saturated rings. The maximum absolute atomic E-state index is 13.0. The fourth-order valence-electron chi connectivity index (χ4n) is 4.17. The van der Waals surface area contributed by atoms with E-state index in [9.17, 15) is 9.59 Å². The van der Waals surface area contributed by atoms with Crippen LogP contribution in [-0.4, -0.2) is 50.7 Å². The zero-order chi connectivity index (χ0) is 25.7. The van der Waals surface area contributed by atoms with Gasteiger partial charge >= 0.3 is 0 Å². The lowest BCUT2D eigenvalue weighted by Gasteiger charge is -2.22. The Morgan fingerprint density at radius 3 is 2.42 bits per heavy atom. The number of hydrogen-bond acceptors (Lipinski definition) is 6. The predicted octanol–water partition coefficient (Wildman–Crippen LogP) is 4.32. The smallest absolute Gasteiger partial charge is 0.263 e. The van der Waals surface area contributed by atoms with Crippen molar-refractivity contribution >= 4 is 17.5 Å². The number of amides is 2. The molecule has 0 bridgehead atoms. The number of nitrogens with zero attached hydrogens (tertiary/aromatic N) is 1. The van der Waals surface area contributed by atoms with E-state index in [1.807, 2.05) is 30.3 Å². The molecule has 0 saturated heterocycles. The third-order valence-corrected chi connectivity index (χ3v) is 6.10. The van der Waals surface area contributed by atoms with Gasteiger partial charge in [0.15, 0.2) is 6.10 Å². The van der Waals surface area contributed by atoms with Crippen LogP contribution < -0.4 is 24.3 Å². The second-order valence-electron chi connectivity index (χ2n) is 8.46. The van der Waals surface area contributed by atoms with Crippen LogP contribution in [0.25, 0.3) is 0 Å². The van der Waals surface area contributed by atoms with Gasteiger partial charge in [0.25, 0.3) is 11.8 Å². The van der Waals surface area contributed by atoms with Crippen LogP contribution in [0.15, 0.2) is 60.7 Å². The molecule has 0 unspecified atom stereocenters. The first-order chi connectivity index (χ1) is 17.4. The van der Waals surface area contributed by atoms with Gasteiger partial charge in [-0.25, -0.2) is 0 Å². The maximum atomic E-state index is 13.0. The van der Waals surface area contributed by atoms with Crippen LogP contribution >= 0.6 is 0 Å². The summed E-state index contributed by atoms with van der Waals surface area (Å²) in [5.74, 6) is 2.07. The third-order valence-electron chi connectivity index (χ3n) is 6.10. The number of fused-ring (bicyclic) bond motifs is 1. The van der Waals surface area contributed by atoms with Gasteiger partial charge in [-0.05, 0) is 55.3 Å². The van der Waals surface area contributed by atoms with E-state index in [2.05, 4.69) is 5.32 Å². The monoisotopic (exact) mass is 490 g/mol. The SMILES string of the molecule is COc1cc(OC)cc(C(=O)Nc2ccc3c(c2)CN(CCc2ccccc2OC)C(=O)[C@H](C)O3)c1. The van der Waals surface area contributed by atoms with Crippen molar-refractivity contribution in [3.8, 4) is 23.0 Å². The summed E-state index contributed by atoms with van der Waals surface area (Å²) in [5.41, 5.74) is 2.84. The number of para-hydroxylation sites is 1. The average molecular weight is 491 g/mol. The number of rotatable bonds is 8. The molecule has 0 aliphatic carbocycles. The number of methoxy groups -OCH3 is 3. The number of ether oxygens (including phenoxy) is 4.